The van der Waals surface area contributed by atoms with Crippen LogP contribution in [0.3, 0.4) is 0 Å². The van der Waals surface area contributed by atoms with Crippen molar-refractivity contribution in [3.05, 3.63) is 47.2 Å². The van der Waals surface area contributed by atoms with E-state index in [0.717, 1.165) is 11.1 Å². The molecule has 5 nitrogen and oxygen atoms in total. The Morgan fingerprint density at radius 2 is 2.05 bits per heavy atom. The number of esters is 1. The maximum atomic E-state index is 11.8. The fraction of sp³-hybridized carbons (Fsp3) is 0.250. The van der Waals surface area contributed by atoms with Crippen LogP contribution in [0.5, 0.6) is 11.6 Å². The van der Waals surface area contributed by atoms with Gasteiger partial charge in [-0.1, -0.05) is 17.7 Å². The maximum absolute atomic E-state index is 11.8. The number of anilines is 1. The van der Waals surface area contributed by atoms with E-state index < -0.39 is 5.97 Å². The first-order chi connectivity index (χ1) is 10.0. The maximum Gasteiger partial charge on any atom is 0.340 e. The second kappa shape index (κ2) is 6.26. The van der Waals surface area contributed by atoms with E-state index in [9.17, 15) is 4.79 Å². The second-order valence-electron chi connectivity index (χ2n) is 4.67. The van der Waals surface area contributed by atoms with Crippen molar-refractivity contribution in [2.45, 2.75) is 20.8 Å². The van der Waals surface area contributed by atoms with Gasteiger partial charge in [-0.15, -0.1) is 0 Å². The highest BCUT2D eigenvalue weighted by Gasteiger charge is 2.16. The standard InChI is InChI=1S/C16H18N2O3/c1-4-20-16(19)12-7-8-18-15(14(12)17)21-13-6-5-10(2)9-11(13)3/h5-9H,4,17H2,1-3H3. The van der Waals surface area contributed by atoms with Crippen LogP contribution in [0, 0.1) is 13.8 Å². The van der Waals surface area contributed by atoms with Gasteiger partial charge in [0.05, 0.1) is 12.2 Å². The normalized spacial score (nSPS) is 10.2. The van der Waals surface area contributed by atoms with Gasteiger partial charge < -0.3 is 15.2 Å². The molecular weight excluding hydrogens is 268 g/mol. The minimum atomic E-state index is -0.483. The average Bonchev–Trinajstić information content (AvgIpc) is 2.44. The van der Waals surface area contributed by atoms with Crippen LogP contribution in [0.1, 0.15) is 28.4 Å². The Bertz CT molecular complexity index is 669. The first kappa shape index (κ1) is 14.8. The van der Waals surface area contributed by atoms with Crippen molar-refractivity contribution in [3.63, 3.8) is 0 Å². The van der Waals surface area contributed by atoms with Crippen molar-refractivity contribution in [2.75, 3.05) is 12.3 Å². The van der Waals surface area contributed by atoms with E-state index in [4.69, 9.17) is 15.2 Å². The Hall–Kier alpha value is -2.56. The molecule has 5 heteroatoms. The lowest BCUT2D eigenvalue weighted by molar-refractivity contribution is 0.0527. The zero-order valence-electron chi connectivity index (χ0n) is 12.3. The summed E-state index contributed by atoms with van der Waals surface area (Å²) in [5.41, 5.74) is 8.50. The molecule has 2 N–H and O–H groups in total. The average molecular weight is 286 g/mol. The molecule has 0 aliphatic heterocycles. The van der Waals surface area contributed by atoms with Gasteiger partial charge in [-0.2, -0.15) is 0 Å². The van der Waals surface area contributed by atoms with Crippen molar-refractivity contribution in [1.29, 1.82) is 0 Å². The Morgan fingerprint density at radius 3 is 2.71 bits per heavy atom. The molecule has 1 aromatic heterocycles. The molecule has 21 heavy (non-hydrogen) atoms. The summed E-state index contributed by atoms with van der Waals surface area (Å²) in [6.07, 6.45) is 1.47. The molecule has 2 aromatic rings. The van der Waals surface area contributed by atoms with E-state index in [0.29, 0.717) is 5.75 Å². The monoisotopic (exact) mass is 286 g/mol. The molecular formula is C16H18N2O3. The summed E-state index contributed by atoms with van der Waals surface area (Å²) >= 11 is 0. The van der Waals surface area contributed by atoms with Gasteiger partial charge in [0.1, 0.15) is 11.4 Å². The van der Waals surface area contributed by atoms with Crippen LogP contribution < -0.4 is 10.5 Å². The summed E-state index contributed by atoms with van der Waals surface area (Å²) in [7, 11) is 0. The highest BCUT2D eigenvalue weighted by Crippen LogP contribution is 2.30. The van der Waals surface area contributed by atoms with Crippen LogP contribution in [0.25, 0.3) is 0 Å². The topological polar surface area (TPSA) is 74.4 Å². The van der Waals surface area contributed by atoms with Crippen LogP contribution in [0.2, 0.25) is 0 Å². The molecule has 110 valence electrons. The predicted octanol–water partition coefficient (Wildman–Crippen LogP) is 3.25. The minimum absolute atomic E-state index is 0.177. The number of carbonyl (C=O) groups excluding carboxylic acids is 1. The molecule has 0 radical (unpaired) electrons. The molecule has 1 aromatic carbocycles. The quantitative estimate of drug-likeness (QED) is 0.873. The third-order valence-electron chi connectivity index (χ3n) is 2.99. The van der Waals surface area contributed by atoms with E-state index >= 15 is 0 Å². The fourth-order valence-electron chi connectivity index (χ4n) is 1.94. The Morgan fingerprint density at radius 1 is 1.29 bits per heavy atom. The predicted molar refractivity (Wildman–Crippen MR) is 80.6 cm³/mol. The van der Waals surface area contributed by atoms with Crippen molar-refractivity contribution in [2.24, 2.45) is 0 Å². The molecule has 0 bridgehead atoms. The van der Waals surface area contributed by atoms with E-state index in [-0.39, 0.29) is 23.7 Å². The van der Waals surface area contributed by atoms with E-state index in [1.807, 2.05) is 32.0 Å². The number of ether oxygens (including phenoxy) is 2. The summed E-state index contributed by atoms with van der Waals surface area (Å²) in [5, 5.41) is 0. The molecule has 0 saturated heterocycles. The fourth-order valence-corrected chi connectivity index (χ4v) is 1.94. The first-order valence-electron chi connectivity index (χ1n) is 6.69. The zero-order chi connectivity index (χ0) is 15.4. The SMILES string of the molecule is CCOC(=O)c1ccnc(Oc2ccc(C)cc2C)c1N. The van der Waals surface area contributed by atoms with Crippen molar-refractivity contribution in [1.82, 2.24) is 4.98 Å². The highest BCUT2D eigenvalue weighted by molar-refractivity contribution is 5.96. The van der Waals surface area contributed by atoms with Gasteiger partial charge in [0.2, 0.25) is 5.88 Å². The number of benzene rings is 1. The van der Waals surface area contributed by atoms with Crippen molar-refractivity contribution < 1.29 is 14.3 Å². The number of hydrogen-bond acceptors (Lipinski definition) is 5. The number of nitrogen functional groups attached to an aromatic ring is 1. The van der Waals surface area contributed by atoms with Gasteiger partial charge in [0, 0.05) is 6.20 Å². The van der Waals surface area contributed by atoms with Crippen LogP contribution in [-0.2, 0) is 4.74 Å². The van der Waals surface area contributed by atoms with E-state index in [2.05, 4.69) is 4.98 Å². The lowest BCUT2D eigenvalue weighted by Crippen LogP contribution is -2.09. The molecule has 0 fully saturated rings. The van der Waals surface area contributed by atoms with Gasteiger partial charge >= 0.3 is 5.97 Å². The molecule has 0 atom stereocenters. The molecule has 2 rings (SSSR count). The zero-order valence-corrected chi connectivity index (χ0v) is 12.3. The van der Waals surface area contributed by atoms with Crippen LogP contribution in [-0.4, -0.2) is 17.6 Å². The number of aryl methyl sites for hydroxylation is 2. The molecule has 0 amide bonds. The number of rotatable bonds is 4. The van der Waals surface area contributed by atoms with Gasteiger partial charge in [-0.3, -0.25) is 0 Å². The number of pyridine rings is 1. The molecule has 0 spiro atoms. The Labute approximate surface area is 123 Å². The van der Waals surface area contributed by atoms with Crippen molar-refractivity contribution >= 4 is 11.7 Å². The van der Waals surface area contributed by atoms with Crippen LogP contribution >= 0.6 is 0 Å². The second-order valence-corrected chi connectivity index (χ2v) is 4.67. The summed E-state index contributed by atoms with van der Waals surface area (Å²) in [6.45, 7) is 5.97. The van der Waals surface area contributed by atoms with Crippen molar-refractivity contribution in [3.8, 4) is 11.6 Å². The number of carbonyl (C=O) groups is 1. The highest BCUT2D eigenvalue weighted by atomic mass is 16.5. The smallest absolute Gasteiger partial charge is 0.340 e. The number of aromatic nitrogens is 1. The van der Waals surface area contributed by atoms with Gasteiger partial charge in [-0.25, -0.2) is 9.78 Å². The summed E-state index contributed by atoms with van der Waals surface area (Å²) in [5.74, 6) is 0.371. The number of nitrogens with two attached hydrogens (primary N) is 1. The van der Waals surface area contributed by atoms with E-state index in [1.54, 1.807) is 6.92 Å². The third-order valence-corrected chi connectivity index (χ3v) is 2.99. The summed E-state index contributed by atoms with van der Waals surface area (Å²) < 4.78 is 10.7. The lowest BCUT2D eigenvalue weighted by atomic mass is 10.1. The number of nitrogens with zero attached hydrogens (tertiary/aromatic N) is 1. The molecule has 0 unspecified atom stereocenters. The van der Waals surface area contributed by atoms with Crippen LogP contribution in [0.4, 0.5) is 5.69 Å². The minimum Gasteiger partial charge on any atom is -0.462 e. The molecule has 0 aliphatic rings. The van der Waals surface area contributed by atoms with Gasteiger partial charge in [0.15, 0.2) is 0 Å². The first-order valence-corrected chi connectivity index (χ1v) is 6.69. The number of hydrogen-bond donors (Lipinski definition) is 1. The molecule has 0 aliphatic carbocycles. The van der Waals surface area contributed by atoms with Gasteiger partial charge in [-0.05, 0) is 38.5 Å². The Kier molecular flexibility index (Phi) is 4.42. The van der Waals surface area contributed by atoms with Gasteiger partial charge in [0.25, 0.3) is 0 Å². The largest absolute Gasteiger partial charge is 0.462 e. The molecule has 1 heterocycles. The van der Waals surface area contributed by atoms with E-state index in [1.165, 1.54) is 12.3 Å². The summed E-state index contributed by atoms with van der Waals surface area (Å²) in [4.78, 5) is 15.9. The van der Waals surface area contributed by atoms with Crippen LogP contribution in [0.15, 0.2) is 30.5 Å². The lowest BCUT2D eigenvalue weighted by Gasteiger charge is -2.12. The third kappa shape index (κ3) is 3.31. The Balaban J connectivity index is 2.32. The molecule has 0 saturated carbocycles. The summed E-state index contributed by atoms with van der Waals surface area (Å²) in [6, 6.07) is 7.31.